The molecule has 0 amide bonds. The Morgan fingerprint density at radius 1 is 1.28 bits per heavy atom. The lowest BCUT2D eigenvalue weighted by Gasteiger charge is -2.12. The van der Waals surface area contributed by atoms with Crippen molar-refractivity contribution in [3.8, 4) is 0 Å². The Bertz CT molecular complexity index is 341. The molecule has 0 atom stereocenters. The lowest BCUT2D eigenvalue weighted by Crippen LogP contribution is -2.20. The summed E-state index contributed by atoms with van der Waals surface area (Å²) in [5.74, 6) is 0. The summed E-state index contributed by atoms with van der Waals surface area (Å²) in [6.45, 7) is 5.55. The molecule has 2 heteroatoms. The van der Waals surface area contributed by atoms with Gasteiger partial charge in [0.15, 0.2) is 0 Å². The van der Waals surface area contributed by atoms with Gasteiger partial charge in [-0.3, -0.25) is 0 Å². The summed E-state index contributed by atoms with van der Waals surface area (Å²) in [5.41, 5.74) is 2.32. The van der Waals surface area contributed by atoms with Crippen LogP contribution in [0.25, 0.3) is 0 Å². The molecule has 2 rings (SSSR count). The van der Waals surface area contributed by atoms with Crippen molar-refractivity contribution in [3.05, 3.63) is 35.4 Å². The largest absolute Gasteiger partial charge is 0.303 e. The molecular weight excluding hydrogens is 222 g/mol. The van der Waals surface area contributed by atoms with Gasteiger partial charge in [-0.2, -0.15) is 0 Å². The van der Waals surface area contributed by atoms with Crippen LogP contribution in [0.3, 0.4) is 0 Å². The first kappa shape index (κ1) is 14.9. The molecule has 1 saturated carbocycles. The lowest BCUT2D eigenvalue weighted by atomic mass is 10.1. The number of hydrogen-bond donors (Lipinski definition) is 0. The maximum absolute atomic E-state index is 10.1. The molecule has 0 aromatic heterocycles. The second kappa shape index (κ2) is 8.04. The molecule has 1 aliphatic carbocycles. The maximum atomic E-state index is 10.1. The maximum Gasteiger partial charge on any atom is 0.124 e. The van der Waals surface area contributed by atoms with Crippen LogP contribution in [0.15, 0.2) is 24.3 Å². The number of rotatable bonds is 5. The van der Waals surface area contributed by atoms with E-state index in [2.05, 4.69) is 18.9 Å². The first-order valence-electron chi connectivity index (χ1n) is 6.86. The molecule has 18 heavy (non-hydrogen) atoms. The van der Waals surface area contributed by atoms with Crippen LogP contribution in [0.1, 0.15) is 37.3 Å². The lowest BCUT2D eigenvalue weighted by molar-refractivity contribution is -0.107. The molecule has 1 aliphatic rings. The van der Waals surface area contributed by atoms with Crippen molar-refractivity contribution in [2.24, 2.45) is 0 Å². The van der Waals surface area contributed by atoms with Gasteiger partial charge < -0.3 is 9.69 Å². The number of hydrogen-bond acceptors (Lipinski definition) is 2. The SMILES string of the molecule is CCCN(C)C1CC1.Cc1ccc(CC=O)cc1. The monoisotopic (exact) mass is 247 g/mol. The number of aryl methyl sites for hydroxylation is 1. The highest BCUT2D eigenvalue weighted by molar-refractivity contribution is 5.54. The molecule has 0 aliphatic heterocycles. The summed E-state index contributed by atoms with van der Waals surface area (Å²) in [7, 11) is 2.22. The van der Waals surface area contributed by atoms with Gasteiger partial charge in [0.1, 0.15) is 6.29 Å². The Kier molecular flexibility index (Phi) is 6.66. The summed E-state index contributed by atoms with van der Waals surface area (Å²) in [6, 6.07) is 8.93. The standard InChI is InChI=1S/C9H10O.C7H15N/c1-8-2-4-9(5-3-8)6-7-10;1-3-6-8(2)7-4-5-7/h2-5,7H,6H2,1H3;7H,3-6H2,1-2H3. The summed E-state index contributed by atoms with van der Waals surface area (Å²) in [5, 5.41) is 0. The molecule has 0 N–H and O–H groups in total. The van der Waals surface area contributed by atoms with E-state index in [9.17, 15) is 4.79 Å². The quantitative estimate of drug-likeness (QED) is 0.745. The van der Waals surface area contributed by atoms with Crippen LogP contribution in [0.5, 0.6) is 0 Å². The van der Waals surface area contributed by atoms with Gasteiger partial charge in [0.05, 0.1) is 0 Å². The van der Waals surface area contributed by atoms with Crippen molar-refractivity contribution in [2.45, 2.75) is 45.6 Å². The number of aldehydes is 1. The smallest absolute Gasteiger partial charge is 0.124 e. The predicted octanol–water partition coefficient (Wildman–Crippen LogP) is 3.23. The number of benzene rings is 1. The van der Waals surface area contributed by atoms with Crippen molar-refractivity contribution in [1.29, 1.82) is 0 Å². The second-order valence-electron chi connectivity index (χ2n) is 5.07. The van der Waals surface area contributed by atoms with Crippen molar-refractivity contribution >= 4 is 6.29 Å². The fraction of sp³-hybridized carbons (Fsp3) is 0.562. The zero-order valence-electron chi connectivity index (χ0n) is 11.9. The highest BCUT2D eigenvalue weighted by atomic mass is 16.1. The molecule has 1 fully saturated rings. The molecule has 0 unspecified atom stereocenters. The van der Waals surface area contributed by atoms with E-state index in [1.54, 1.807) is 0 Å². The fourth-order valence-corrected chi connectivity index (χ4v) is 1.87. The van der Waals surface area contributed by atoms with E-state index in [0.717, 1.165) is 17.9 Å². The van der Waals surface area contributed by atoms with Crippen LogP contribution < -0.4 is 0 Å². The van der Waals surface area contributed by atoms with E-state index >= 15 is 0 Å². The molecule has 100 valence electrons. The van der Waals surface area contributed by atoms with E-state index in [1.165, 1.54) is 31.4 Å². The summed E-state index contributed by atoms with van der Waals surface area (Å²) in [4.78, 5) is 12.5. The minimum absolute atomic E-state index is 0.528. The highest BCUT2D eigenvalue weighted by Gasteiger charge is 2.24. The molecular formula is C16H25NO. The van der Waals surface area contributed by atoms with Crippen molar-refractivity contribution < 1.29 is 4.79 Å². The van der Waals surface area contributed by atoms with Gasteiger partial charge in [-0.25, -0.2) is 0 Å². The van der Waals surface area contributed by atoms with E-state index in [1.807, 2.05) is 31.2 Å². The summed E-state index contributed by atoms with van der Waals surface area (Å²) >= 11 is 0. The Hall–Kier alpha value is -1.15. The van der Waals surface area contributed by atoms with Gasteiger partial charge in [-0.05, 0) is 45.3 Å². The third-order valence-corrected chi connectivity index (χ3v) is 3.19. The van der Waals surface area contributed by atoms with Crippen LogP contribution in [0.2, 0.25) is 0 Å². The van der Waals surface area contributed by atoms with Gasteiger partial charge in [0.2, 0.25) is 0 Å². The Morgan fingerprint density at radius 2 is 1.89 bits per heavy atom. The highest BCUT2D eigenvalue weighted by Crippen LogP contribution is 2.24. The van der Waals surface area contributed by atoms with E-state index in [4.69, 9.17) is 0 Å². The third kappa shape index (κ3) is 5.97. The van der Waals surface area contributed by atoms with Crippen molar-refractivity contribution in [2.75, 3.05) is 13.6 Å². The fourth-order valence-electron chi connectivity index (χ4n) is 1.87. The van der Waals surface area contributed by atoms with Gasteiger partial charge in [0, 0.05) is 12.5 Å². The zero-order chi connectivity index (χ0) is 13.4. The first-order chi connectivity index (χ1) is 8.67. The minimum atomic E-state index is 0.528. The van der Waals surface area contributed by atoms with Crippen LogP contribution in [0.4, 0.5) is 0 Å². The molecule has 2 nitrogen and oxygen atoms in total. The first-order valence-corrected chi connectivity index (χ1v) is 6.86. The normalized spacial score (nSPS) is 14.0. The number of nitrogens with zero attached hydrogens (tertiary/aromatic N) is 1. The van der Waals surface area contributed by atoms with Gasteiger partial charge >= 0.3 is 0 Å². The Morgan fingerprint density at radius 3 is 2.33 bits per heavy atom. The average Bonchev–Trinajstić information content (AvgIpc) is 3.18. The van der Waals surface area contributed by atoms with Gasteiger partial charge in [-0.15, -0.1) is 0 Å². The van der Waals surface area contributed by atoms with Crippen LogP contribution in [0, 0.1) is 6.92 Å². The molecule has 0 radical (unpaired) electrons. The topological polar surface area (TPSA) is 20.3 Å². The van der Waals surface area contributed by atoms with Gasteiger partial charge in [-0.1, -0.05) is 36.8 Å². The predicted molar refractivity (Wildman–Crippen MR) is 76.9 cm³/mol. The van der Waals surface area contributed by atoms with E-state index in [-0.39, 0.29) is 0 Å². The second-order valence-corrected chi connectivity index (χ2v) is 5.07. The van der Waals surface area contributed by atoms with E-state index in [0.29, 0.717) is 6.42 Å². The minimum Gasteiger partial charge on any atom is -0.303 e. The van der Waals surface area contributed by atoms with Gasteiger partial charge in [0.25, 0.3) is 0 Å². The third-order valence-electron chi connectivity index (χ3n) is 3.19. The van der Waals surface area contributed by atoms with Crippen LogP contribution in [-0.4, -0.2) is 30.8 Å². The molecule has 1 aromatic carbocycles. The van der Waals surface area contributed by atoms with E-state index < -0.39 is 0 Å². The van der Waals surface area contributed by atoms with Crippen LogP contribution in [-0.2, 0) is 11.2 Å². The average molecular weight is 247 g/mol. The van der Waals surface area contributed by atoms with Crippen molar-refractivity contribution in [1.82, 2.24) is 4.90 Å². The Labute approximate surface area is 111 Å². The molecule has 1 aromatic rings. The summed E-state index contributed by atoms with van der Waals surface area (Å²) in [6.07, 6.45) is 5.63. The van der Waals surface area contributed by atoms with Crippen molar-refractivity contribution in [3.63, 3.8) is 0 Å². The molecule has 0 heterocycles. The molecule has 0 bridgehead atoms. The zero-order valence-corrected chi connectivity index (χ0v) is 11.9. The number of carbonyl (C=O) groups is 1. The Balaban J connectivity index is 0.000000184. The number of carbonyl (C=O) groups excluding carboxylic acids is 1. The molecule has 0 saturated heterocycles. The van der Waals surface area contributed by atoms with Crippen LogP contribution >= 0.6 is 0 Å². The molecule has 0 spiro atoms. The summed E-state index contributed by atoms with van der Waals surface area (Å²) < 4.78 is 0.